The summed E-state index contributed by atoms with van der Waals surface area (Å²) in [5.41, 5.74) is -0.848. The number of amides is 1. The minimum absolute atomic E-state index is 0.333. The molecule has 0 aliphatic carbocycles. The predicted octanol–water partition coefficient (Wildman–Crippen LogP) is 1.46. The van der Waals surface area contributed by atoms with E-state index in [1.165, 1.54) is 24.3 Å². The van der Waals surface area contributed by atoms with E-state index in [0.29, 0.717) is 6.42 Å². The maximum atomic E-state index is 12.2. The number of carbonyl (C=O) groups is 2. The molecular weight excluding hydrogens is 294 g/mol. The van der Waals surface area contributed by atoms with Crippen LogP contribution in [0.1, 0.15) is 37.6 Å². The number of rotatable bonds is 6. The number of hydrogen-bond donors (Lipinski definition) is 2. The van der Waals surface area contributed by atoms with Crippen molar-refractivity contribution in [3.05, 3.63) is 29.8 Å². The Balaban J connectivity index is 3.03. The van der Waals surface area contributed by atoms with Gasteiger partial charge in [-0.15, -0.1) is 0 Å². The molecule has 0 aromatic heterocycles. The highest BCUT2D eigenvalue weighted by Gasteiger charge is 2.27. The van der Waals surface area contributed by atoms with Crippen molar-refractivity contribution in [2.75, 3.05) is 5.75 Å². The zero-order valence-electron chi connectivity index (χ0n) is 12.2. The van der Waals surface area contributed by atoms with Crippen molar-refractivity contribution in [2.45, 2.75) is 37.6 Å². The Morgan fingerprint density at radius 2 is 1.81 bits per heavy atom. The van der Waals surface area contributed by atoms with Crippen LogP contribution in [0, 0.1) is 0 Å². The molecule has 1 aromatic carbocycles. The van der Waals surface area contributed by atoms with Crippen LogP contribution < -0.4 is 5.32 Å². The lowest BCUT2D eigenvalue weighted by molar-refractivity contribution is -0.120. The molecule has 21 heavy (non-hydrogen) atoms. The summed E-state index contributed by atoms with van der Waals surface area (Å²) in [7, 11) is -4.01. The van der Waals surface area contributed by atoms with Crippen LogP contribution in [0.4, 0.5) is 0 Å². The second-order valence-corrected chi connectivity index (χ2v) is 7.30. The number of carboxylic acids is 1. The van der Waals surface area contributed by atoms with Gasteiger partial charge in [-0.2, -0.15) is 0 Å². The molecular formula is C14H19NO5S. The Morgan fingerprint density at radius 3 is 2.33 bits per heavy atom. The van der Waals surface area contributed by atoms with Gasteiger partial charge in [0, 0.05) is 5.54 Å². The SMILES string of the molecule is CCC(C)(C)NC(=O)CS(=O)(=O)c1ccccc1C(=O)O. The number of aromatic carboxylic acids is 1. The molecule has 116 valence electrons. The van der Waals surface area contributed by atoms with E-state index in [2.05, 4.69) is 5.32 Å². The van der Waals surface area contributed by atoms with Crippen LogP contribution in [0.25, 0.3) is 0 Å². The van der Waals surface area contributed by atoms with E-state index in [4.69, 9.17) is 5.11 Å². The third kappa shape index (κ3) is 4.56. The second-order valence-electron chi connectivity index (χ2n) is 5.35. The third-order valence-electron chi connectivity index (χ3n) is 3.14. The molecule has 1 amide bonds. The predicted molar refractivity (Wildman–Crippen MR) is 78.0 cm³/mol. The van der Waals surface area contributed by atoms with Crippen LogP contribution in [0.5, 0.6) is 0 Å². The van der Waals surface area contributed by atoms with Crippen LogP contribution in [0.15, 0.2) is 29.2 Å². The third-order valence-corrected chi connectivity index (χ3v) is 4.80. The summed E-state index contributed by atoms with van der Waals surface area (Å²) < 4.78 is 24.4. The Hall–Kier alpha value is -1.89. The fourth-order valence-corrected chi connectivity index (χ4v) is 3.02. The first-order valence-electron chi connectivity index (χ1n) is 6.45. The average molecular weight is 313 g/mol. The number of nitrogens with one attached hydrogen (secondary N) is 1. The lowest BCUT2D eigenvalue weighted by Crippen LogP contribution is -2.45. The van der Waals surface area contributed by atoms with E-state index in [1.807, 2.05) is 6.92 Å². The highest BCUT2D eigenvalue weighted by molar-refractivity contribution is 7.92. The molecule has 0 saturated carbocycles. The Bertz CT molecular complexity index is 649. The maximum Gasteiger partial charge on any atom is 0.337 e. The number of carbonyl (C=O) groups excluding carboxylic acids is 1. The molecule has 0 aliphatic rings. The summed E-state index contributed by atoms with van der Waals surface area (Å²) in [4.78, 5) is 22.6. The van der Waals surface area contributed by atoms with E-state index in [0.717, 1.165) is 0 Å². The summed E-state index contributed by atoms with van der Waals surface area (Å²) >= 11 is 0. The van der Waals surface area contributed by atoms with Crippen molar-refractivity contribution in [1.29, 1.82) is 0 Å². The molecule has 0 heterocycles. The van der Waals surface area contributed by atoms with Gasteiger partial charge >= 0.3 is 5.97 Å². The Morgan fingerprint density at radius 1 is 1.24 bits per heavy atom. The number of hydrogen-bond acceptors (Lipinski definition) is 4. The second kappa shape index (κ2) is 6.26. The minimum atomic E-state index is -4.01. The molecule has 2 N–H and O–H groups in total. The van der Waals surface area contributed by atoms with Gasteiger partial charge in [-0.3, -0.25) is 4.79 Å². The number of benzene rings is 1. The van der Waals surface area contributed by atoms with E-state index < -0.39 is 33.0 Å². The van der Waals surface area contributed by atoms with Crippen molar-refractivity contribution in [1.82, 2.24) is 5.32 Å². The first-order chi connectivity index (χ1) is 9.59. The molecule has 0 unspecified atom stereocenters. The molecule has 1 aromatic rings. The summed E-state index contributed by atoms with van der Waals surface area (Å²) in [6.45, 7) is 5.43. The van der Waals surface area contributed by atoms with Crippen molar-refractivity contribution in [3.8, 4) is 0 Å². The summed E-state index contributed by atoms with van der Waals surface area (Å²) in [6.07, 6.45) is 0.643. The molecule has 0 bridgehead atoms. The average Bonchev–Trinajstić information content (AvgIpc) is 2.37. The quantitative estimate of drug-likeness (QED) is 0.828. The van der Waals surface area contributed by atoms with Gasteiger partial charge in [-0.1, -0.05) is 19.1 Å². The van der Waals surface area contributed by atoms with Gasteiger partial charge in [0.05, 0.1) is 10.5 Å². The van der Waals surface area contributed by atoms with Gasteiger partial charge in [0.25, 0.3) is 0 Å². The summed E-state index contributed by atoms with van der Waals surface area (Å²) in [5, 5.41) is 11.6. The Kier molecular flexibility index (Phi) is 5.11. The Labute approximate surface area is 124 Å². The van der Waals surface area contributed by atoms with Gasteiger partial charge in [0.1, 0.15) is 5.75 Å². The van der Waals surface area contributed by atoms with Crippen molar-refractivity contribution >= 4 is 21.7 Å². The normalized spacial score (nSPS) is 12.0. The minimum Gasteiger partial charge on any atom is -0.478 e. The zero-order valence-corrected chi connectivity index (χ0v) is 13.0. The van der Waals surface area contributed by atoms with Crippen molar-refractivity contribution in [2.24, 2.45) is 0 Å². The van der Waals surface area contributed by atoms with Gasteiger partial charge in [-0.05, 0) is 32.4 Å². The lowest BCUT2D eigenvalue weighted by atomic mass is 10.0. The van der Waals surface area contributed by atoms with Crippen molar-refractivity contribution < 1.29 is 23.1 Å². The topological polar surface area (TPSA) is 101 Å². The van der Waals surface area contributed by atoms with Crippen LogP contribution in [-0.2, 0) is 14.6 Å². The molecule has 6 nitrogen and oxygen atoms in total. The fraction of sp³-hybridized carbons (Fsp3) is 0.429. The van der Waals surface area contributed by atoms with Gasteiger partial charge in [-0.25, -0.2) is 13.2 Å². The van der Waals surface area contributed by atoms with E-state index in [1.54, 1.807) is 13.8 Å². The van der Waals surface area contributed by atoms with E-state index in [9.17, 15) is 18.0 Å². The van der Waals surface area contributed by atoms with Gasteiger partial charge < -0.3 is 10.4 Å². The highest BCUT2D eigenvalue weighted by atomic mass is 32.2. The largest absolute Gasteiger partial charge is 0.478 e. The van der Waals surface area contributed by atoms with Gasteiger partial charge in [0.2, 0.25) is 5.91 Å². The zero-order chi connectivity index (χ0) is 16.3. The summed E-state index contributed by atoms with van der Waals surface area (Å²) in [6, 6.07) is 5.25. The van der Waals surface area contributed by atoms with Crippen molar-refractivity contribution in [3.63, 3.8) is 0 Å². The highest BCUT2D eigenvalue weighted by Crippen LogP contribution is 2.17. The van der Waals surface area contributed by atoms with Crippen LogP contribution in [0.2, 0.25) is 0 Å². The van der Waals surface area contributed by atoms with E-state index in [-0.39, 0.29) is 10.5 Å². The molecule has 0 fully saturated rings. The maximum absolute atomic E-state index is 12.2. The molecule has 1 rings (SSSR count). The number of sulfone groups is 1. The molecule has 7 heteroatoms. The molecule has 0 radical (unpaired) electrons. The van der Waals surface area contributed by atoms with Gasteiger partial charge in [0.15, 0.2) is 9.84 Å². The molecule has 0 atom stereocenters. The molecule has 0 spiro atoms. The fourth-order valence-electron chi connectivity index (χ4n) is 1.67. The summed E-state index contributed by atoms with van der Waals surface area (Å²) in [5.74, 6) is -2.77. The standard InChI is InChI=1S/C14H19NO5S/c1-4-14(2,3)15-12(16)9-21(19,20)11-8-6-5-7-10(11)13(17)18/h5-8H,4,9H2,1-3H3,(H,15,16)(H,17,18). The molecule has 0 aliphatic heterocycles. The first-order valence-corrected chi connectivity index (χ1v) is 8.10. The smallest absolute Gasteiger partial charge is 0.337 e. The number of carboxylic acid groups (broad SMARTS) is 1. The lowest BCUT2D eigenvalue weighted by Gasteiger charge is -2.24. The van der Waals surface area contributed by atoms with Crippen LogP contribution >= 0.6 is 0 Å². The van der Waals surface area contributed by atoms with Crippen LogP contribution in [0.3, 0.4) is 0 Å². The monoisotopic (exact) mass is 313 g/mol. The van der Waals surface area contributed by atoms with Crippen LogP contribution in [-0.4, -0.2) is 36.7 Å². The molecule has 0 saturated heterocycles. The first kappa shape index (κ1) is 17.2. The van der Waals surface area contributed by atoms with E-state index >= 15 is 0 Å².